The molecule has 1 aliphatic rings. The largest absolute Gasteiger partial charge is 0.330 e. The average molecular weight is 339 g/mol. The minimum absolute atomic E-state index is 0.0743. The Hall–Kier alpha value is -0.980. The maximum absolute atomic E-state index is 11.9. The first-order valence-corrected chi connectivity index (χ1v) is 9.72. The molecule has 1 saturated heterocycles. The standard InChI is InChI=1S/C17H30N4OS/c1-14-7-6-10-21(11-14)12-15-13-23-17(19-15)20-16(22)8-4-2-3-5-9-18/h13-14H,2-12,18H2,1H3,(H,19,20,22). The summed E-state index contributed by atoms with van der Waals surface area (Å²) >= 11 is 1.53. The highest BCUT2D eigenvalue weighted by atomic mass is 32.1. The van der Waals surface area contributed by atoms with Crippen molar-refractivity contribution < 1.29 is 4.79 Å². The summed E-state index contributed by atoms with van der Waals surface area (Å²) in [6.07, 6.45) is 7.34. The fraction of sp³-hybridized carbons (Fsp3) is 0.765. The molecule has 0 radical (unpaired) electrons. The number of carbonyl (C=O) groups excluding carboxylic acids is 1. The Bertz CT molecular complexity index is 477. The maximum atomic E-state index is 11.9. The molecule has 1 aliphatic heterocycles. The van der Waals surface area contributed by atoms with Crippen LogP contribution in [-0.2, 0) is 11.3 Å². The quantitative estimate of drug-likeness (QED) is 0.678. The summed E-state index contributed by atoms with van der Waals surface area (Å²) in [5, 5.41) is 5.72. The second-order valence-electron chi connectivity index (χ2n) is 6.63. The Balaban J connectivity index is 1.68. The number of carbonyl (C=O) groups is 1. The van der Waals surface area contributed by atoms with Crippen LogP contribution in [-0.4, -0.2) is 35.4 Å². The summed E-state index contributed by atoms with van der Waals surface area (Å²) in [5.41, 5.74) is 6.53. The third-order valence-electron chi connectivity index (χ3n) is 4.28. The molecule has 6 heteroatoms. The van der Waals surface area contributed by atoms with Crippen LogP contribution in [0.5, 0.6) is 0 Å². The number of aromatic nitrogens is 1. The maximum Gasteiger partial charge on any atom is 0.226 e. The second kappa shape index (κ2) is 10.0. The Labute approximate surface area is 143 Å². The first-order valence-electron chi connectivity index (χ1n) is 8.84. The van der Waals surface area contributed by atoms with Crippen molar-refractivity contribution in [3.8, 4) is 0 Å². The molecule has 1 aromatic rings. The number of nitrogens with one attached hydrogen (secondary N) is 1. The van der Waals surface area contributed by atoms with E-state index in [0.717, 1.165) is 68.6 Å². The molecule has 1 amide bonds. The van der Waals surface area contributed by atoms with Gasteiger partial charge in [0.1, 0.15) is 0 Å². The molecule has 5 nitrogen and oxygen atoms in total. The van der Waals surface area contributed by atoms with Crippen molar-refractivity contribution in [2.45, 2.75) is 58.4 Å². The van der Waals surface area contributed by atoms with Crippen molar-refractivity contribution in [2.24, 2.45) is 11.7 Å². The molecule has 0 aromatic carbocycles. The van der Waals surface area contributed by atoms with E-state index < -0.39 is 0 Å². The number of thiazole rings is 1. The van der Waals surface area contributed by atoms with Crippen molar-refractivity contribution in [1.82, 2.24) is 9.88 Å². The van der Waals surface area contributed by atoms with E-state index in [1.807, 2.05) is 0 Å². The predicted molar refractivity (Wildman–Crippen MR) is 96.6 cm³/mol. The van der Waals surface area contributed by atoms with Gasteiger partial charge in [-0.2, -0.15) is 0 Å². The van der Waals surface area contributed by atoms with Crippen LogP contribution < -0.4 is 11.1 Å². The lowest BCUT2D eigenvalue weighted by Gasteiger charge is -2.30. The lowest BCUT2D eigenvalue weighted by molar-refractivity contribution is -0.116. The van der Waals surface area contributed by atoms with E-state index in [-0.39, 0.29) is 5.91 Å². The summed E-state index contributed by atoms with van der Waals surface area (Å²) in [7, 11) is 0. The first-order chi connectivity index (χ1) is 11.2. The van der Waals surface area contributed by atoms with Crippen LogP contribution >= 0.6 is 11.3 Å². The molecular formula is C17H30N4OS. The van der Waals surface area contributed by atoms with Gasteiger partial charge in [0.05, 0.1) is 5.69 Å². The van der Waals surface area contributed by atoms with Gasteiger partial charge in [0.25, 0.3) is 0 Å². The van der Waals surface area contributed by atoms with Crippen molar-refractivity contribution in [3.05, 3.63) is 11.1 Å². The highest BCUT2D eigenvalue weighted by Gasteiger charge is 2.17. The molecule has 23 heavy (non-hydrogen) atoms. The normalized spacial score (nSPS) is 19.0. The Morgan fingerprint density at radius 2 is 2.26 bits per heavy atom. The molecule has 0 aliphatic carbocycles. The van der Waals surface area contributed by atoms with Crippen molar-refractivity contribution in [1.29, 1.82) is 0 Å². The van der Waals surface area contributed by atoms with Crippen LogP contribution in [0.3, 0.4) is 0 Å². The van der Waals surface area contributed by atoms with Crippen LogP contribution in [0.2, 0.25) is 0 Å². The SMILES string of the molecule is CC1CCCN(Cc2csc(NC(=O)CCCCCCN)n2)C1. The van der Waals surface area contributed by atoms with Crippen LogP contribution in [0.15, 0.2) is 5.38 Å². The zero-order valence-corrected chi connectivity index (χ0v) is 15.0. The zero-order chi connectivity index (χ0) is 16.5. The molecule has 0 saturated carbocycles. The molecular weight excluding hydrogens is 308 g/mol. The summed E-state index contributed by atoms with van der Waals surface area (Å²) in [4.78, 5) is 18.9. The third kappa shape index (κ3) is 6.97. The number of nitrogens with two attached hydrogens (primary N) is 1. The van der Waals surface area contributed by atoms with E-state index >= 15 is 0 Å². The summed E-state index contributed by atoms with van der Waals surface area (Å²) in [5.74, 6) is 0.853. The number of anilines is 1. The lowest BCUT2D eigenvalue weighted by Crippen LogP contribution is -2.33. The smallest absolute Gasteiger partial charge is 0.226 e. The molecule has 1 atom stereocenters. The first kappa shape index (κ1) is 18.4. The van der Waals surface area contributed by atoms with Gasteiger partial charge in [-0.15, -0.1) is 11.3 Å². The number of amides is 1. The Kier molecular flexibility index (Phi) is 7.99. The molecule has 3 N–H and O–H groups in total. The number of hydrogen-bond acceptors (Lipinski definition) is 5. The molecule has 1 fully saturated rings. The number of nitrogens with zero attached hydrogens (tertiary/aromatic N) is 2. The Morgan fingerprint density at radius 1 is 1.43 bits per heavy atom. The lowest BCUT2D eigenvalue weighted by atomic mass is 10.0. The van der Waals surface area contributed by atoms with E-state index in [1.54, 1.807) is 0 Å². The van der Waals surface area contributed by atoms with Gasteiger partial charge >= 0.3 is 0 Å². The molecule has 0 bridgehead atoms. The fourth-order valence-electron chi connectivity index (χ4n) is 3.06. The van der Waals surface area contributed by atoms with E-state index in [1.165, 1.54) is 24.2 Å². The highest BCUT2D eigenvalue weighted by molar-refractivity contribution is 7.13. The second-order valence-corrected chi connectivity index (χ2v) is 7.49. The van der Waals surface area contributed by atoms with Gasteiger partial charge in [-0.3, -0.25) is 9.69 Å². The molecule has 130 valence electrons. The summed E-state index contributed by atoms with van der Waals surface area (Å²) in [6.45, 7) is 6.26. The summed E-state index contributed by atoms with van der Waals surface area (Å²) < 4.78 is 0. The minimum Gasteiger partial charge on any atom is -0.330 e. The monoisotopic (exact) mass is 338 g/mol. The van der Waals surface area contributed by atoms with Gasteiger partial charge in [0.2, 0.25) is 5.91 Å². The van der Waals surface area contributed by atoms with Crippen molar-refractivity contribution in [2.75, 3.05) is 25.0 Å². The van der Waals surface area contributed by atoms with Gasteiger partial charge in [-0.1, -0.05) is 19.8 Å². The van der Waals surface area contributed by atoms with Crippen LogP contribution in [0.4, 0.5) is 5.13 Å². The number of piperidine rings is 1. The van der Waals surface area contributed by atoms with Gasteiger partial charge in [0.15, 0.2) is 5.13 Å². The molecule has 0 spiro atoms. The molecule has 2 heterocycles. The highest BCUT2D eigenvalue weighted by Crippen LogP contribution is 2.21. The Morgan fingerprint density at radius 3 is 3.04 bits per heavy atom. The predicted octanol–water partition coefficient (Wildman–Crippen LogP) is 3.22. The minimum atomic E-state index is 0.0743. The van der Waals surface area contributed by atoms with Gasteiger partial charge in [0, 0.05) is 24.9 Å². The summed E-state index contributed by atoms with van der Waals surface area (Å²) in [6, 6.07) is 0. The third-order valence-corrected chi connectivity index (χ3v) is 5.09. The van der Waals surface area contributed by atoms with Gasteiger partial charge < -0.3 is 11.1 Å². The van der Waals surface area contributed by atoms with E-state index in [9.17, 15) is 4.79 Å². The molecule has 2 rings (SSSR count). The van der Waals surface area contributed by atoms with E-state index in [2.05, 4.69) is 27.5 Å². The fourth-order valence-corrected chi connectivity index (χ4v) is 3.78. The van der Waals surface area contributed by atoms with Crippen molar-refractivity contribution >= 4 is 22.4 Å². The topological polar surface area (TPSA) is 71.2 Å². The van der Waals surface area contributed by atoms with Crippen LogP contribution in [0.25, 0.3) is 0 Å². The number of likely N-dealkylation sites (tertiary alicyclic amines) is 1. The van der Waals surface area contributed by atoms with Crippen LogP contribution in [0.1, 0.15) is 57.6 Å². The van der Waals surface area contributed by atoms with E-state index in [0.29, 0.717) is 6.42 Å². The van der Waals surface area contributed by atoms with Crippen LogP contribution in [0, 0.1) is 5.92 Å². The zero-order valence-electron chi connectivity index (χ0n) is 14.2. The van der Waals surface area contributed by atoms with Gasteiger partial charge in [-0.05, 0) is 44.7 Å². The van der Waals surface area contributed by atoms with E-state index in [4.69, 9.17) is 5.73 Å². The number of rotatable bonds is 9. The molecule has 1 unspecified atom stereocenters. The average Bonchev–Trinajstić information content (AvgIpc) is 2.94. The number of unbranched alkanes of at least 4 members (excludes halogenated alkanes) is 3. The van der Waals surface area contributed by atoms with Crippen molar-refractivity contribution in [3.63, 3.8) is 0 Å². The van der Waals surface area contributed by atoms with Gasteiger partial charge in [-0.25, -0.2) is 4.98 Å². The number of hydrogen-bond donors (Lipinski definition) is 2. The molecule has 1 aromatic heterocycles.